The fourth-order valence-corrected chi connectivity index (χ4v) is 7.83. The molecule has 6 heteroatoms. The average molecular weight is 896 g/mol. The Morgan fingerprint density at radius 1 is 0.238 bits per heavy atom. The predicted octanol–water partition coefficient (Wildman–Crippen LogP) is 19.3. The van der Waals surface area contributed by atoms with Gasteiger partial charge in [-0.25, -0.2) is 0 Å². The maximum atomic E-state index is 11.4. The topological polar surface area (TPSA) is 78.9 Å². The lowest BCUT2D eigenvalue weighted by Crippen LogP contribution is -2.10. The Morgan fingerprint density at radius 2 is 0.365 bits per heavy atom. The number of esters is 3. The minimum absolute atomic E-state index is 0.0267. The molecule has 0 aromatic rings. The molecule has 0 aliphatic carbocycles. The maximum absolute atomic E-state index is 11.4. The van der Waals surface area contributed by atoms with Gasteiger partial charge in [-0.2, -0.15) is 0 Å². The molecule has 0 saturated carbocycles. The van der Waals surface area contributed by atoms with E-state index in [1.807, 2.05) is 41.5 Å². The SMILES string of the molecule is CCCCCCCCCCCCCC(=O)OC(C)C.CCCCCCCCCCCCCCCC(=O)OC(C)C.CCCCCCCCCCCCCCCCCC(=O)OC(C)C. The van der Waals surface area contributed by atoms with Gasteiger partial charge in [0.15, 0.2) is 0 Å². The molecule has 0 unspecified atom stereocenters. The Balaban J connectivity index is -0.000000861. The third-order valence-electron chi connectivity index (χ3n) is 11.6. The Hall–Kier alpha value is -1.59. The normalized spacial score (nSPS) is 11.0. The van der Waals surface area contributed by atoms with Crippen molar-refractivity contribution in [3.63, 3.8) is 0 Å². The summed E-state index contributed by atoms with van der Waals surface area (Å²) < 4.78 is 15.4. The van der Waals surface area contributed by atoms with E-state index in [1.165, 1.54) is 231 Å². The molecular weight excluding hydrogens is 781 g/mol. The first-order valence-corrected chi connectivity index (χ1v) is 28.1. The Kier molecular flexibility index (Phi) is 59.0. The van der Waals surface area contributed by atoms with Crippen molar-refractivity contribution in [3.05, 3.63) is 0 Å². The van der Waals surface area contributed by atoms with Gasteiger partial charge >= 0.3 is 17.9 Å². The zero-order valence-electron chi connectivity index (χ0n) is 44.4. The van der Waals surface area contributed by atoms with E-state index in [2.05, 4.69) is 20.8 Å². The van der Waals surface area contributed by atoms with E-state index < -0.39 is 0 Å². The van der Waals surface area contributed by atoms with Gasteiger partial charge in [-0.15, -0.1) is 0 Å². The number of ether oxygens (including phenoxy) is 3. The van der Waals surface area contributed by atoms with Gasteiger partial charge in [-0.3, -0.25) is 14.4 Å². The quantitative estimate of drug-likeness (QED) is 0.0344. The number of hydrogen-bond donors (Lipinski definition) is 0. The lowest BCUT2D eigenvalue weighted by Gasteiger charge is -2.07. The second kappa shape index (κ2) is 56.5. The Bertz CT molecular complexity index is 899. The standard InChI is InChI=1S/C21H42O2.C19H38O2.C17H34O2/c1-4-5-6-7-8-9-10-11-12-13-14-15-16-17-18-19-21(22)23-20(2)3;1-4-5-6-7-8-9-10-11-12-13-14-15-16-17-19(20)21-18(2)3;1-4-5-6-7-8-9-10-11-12-13-14-15-17(18)19-16(2)3/h20H,4-19H2,1-3H3;18H,4-17H2,1-3H3;16H,4-15H2,1-3H3. The predicted molar refractivity (Wildman–Crippen MR) is 275 cm³/mol. The van der Waals surface area contributed by atoms with Gasteiger partial charge in [-0.1, -0.05) is 252 Å². The summed E-state index contributed by atoms with van der Waals surface area (Å²) in [7, 11) is 0. The molecule has 0 atom stereocenters. The molecule has 0 saturated heterocycles. The fraction of sp³-hybridized carbons (Fsp3) is 0.947. The molecule has 0 aromatic carbocycles. The molecule has 63 heavy (non-hydrogen) atoms. The minimum Gasteiger partial charge on any atom is -0.463 e. The van der Waals surface area contributed by atoms with Gasteiger partial charge < -0.3 is 14.2 Å². The first-order valence-electron chi connectivity index (χ1n) is 28.1. The van der Waals surface area contributed by atoms with E-state index in [0.717, 1.165) is 19.3 Å². The molecular formula is C57H114O6. The van der Waals surface area contributed by atoms with Crippen molar-refractivity contribution < 1.29 is 28.6 Å². The van der Waals surface area contributed by atoms with E-state index in [9.17, 15) is 14.4 Å². The van der Waals surface area contributed by atoms with E-state index >= 15 is 0 Å². The minimum atomic E-state index is -0.0362. The van der Waals surface area contributed by atoms with Gasteiger partial charge in [0.1, 0.15) is 0 Å². The number of unbranched alkanes of at least 4 members (excludes halogenated alkanes) is 36. The van der Waals surface area contributed by atoms with Crippen LogP contribution in [0.15, 0.2) is 0 Å². The Labute approximate surface area is 395 Å². The highest BCUT2D eigenvalue weighted by molar-refractivity contribution is 5.70. The summed E-state index contributed by atoms with van der Waals surface area (Å²) >= 11 is 0. The van der Waals surface area contributed by atoms with Crippen LogP contribution in [0.1, 0.15) is 332 Å². The zero-order chi connectivity index (χ0) is 47.3. The highest BCUT2D eigenvalue weighted by atomic mass is 16.5. The lowest BCUT2D eigenvalue weighted by atomic mass is 10.0. The summed E-state index contributed by atoms with van der Waals surface area (Å²) in [4.78, 5) is 34.0. The van der Waals surface area contributed by atoms with Crippen LogP contribution >= 0.6 is 0 Å². The van der Waals surface area contributed by atoms with Crippen molar-refractivity contribution in [2.24, 2.45) is 0 Å². The van der Waals surface area contributed by atoms with E-state index in [-0.39, 0.29) is 36.2 Å². The molecule has 0 N–H and O–H groups in total. The van der Waals surface area contributed by atoms with E-state index in [4.69, 9.17) is 14.2 Å². The van der Waals surface area contributed by atoms with Gasteiger partial charge in [0.05, 0.1) is 18.3 Å². The van der Waals surface area contributed by atoms with Gasteiger partial charge in [0.2, 0.25) is 0 Å². The smallest absolute Gasteiger partial charge is 0.306 e. The molecule has 378 valence electrons. The van der Waals surface area contributed by atoms with Crippen molar-refractivity contribution in [3.8, 4) is 0 Å². The molecule has 0 bridgehead atoms. The Morgan fingerprint density at radius 3 is 0.492 bits per heavy atom. The number of carbonyl (C=O) groups is 3. The second-order valence-electron chi connectivity index (χ2n) is 19.6. The van der Waals surface area contributed by atoms with Gasteiger partial charge in [0.25, 0.3) is 0 Å². The number of hydrogen-bond acceptors (Lipinski definition) is 6. The monoisotopic (exact) mass is 895 g/mol. The summed E-state index contributed by atoms with van der Waals surface area (Å²) in [6.07, 6.45) is 54.0. The highest BCUT2D eigenvalue weighted by Gasteiger charge is 2.07. The average Bonchev–Trinajstić information content (AvgIpc) is 3.22. The maximum Gasteiger partial charge on any atom is 0.306 e. The molecule has 0 amide bonds. The van der Waals surface area contributed by atoms with Crippen molar-refractivity contribution in [2.75, 3.05) is 0 Å². The van der Waals surface area contributed by atoms with Crippen molar-refractivity contribution >= 4 is 17.9 Å². The van der Waals surface area contributed by atoms with E-state index in [1.54, 1.807) is 0 Å². The van der Waals surface area contributed by atoms with Crippen LogP contribution in [0, 0.1) is 0 Å². The summed E-state index contributed by atoms with van der Waals surface area (Å²) in [6.45, 7) is 18.2. The van der Waals surface area contributed by atoms with Crippen molar-refractivity contribution in [1.82, 2.24) is 0 Å². The summed E-state index contributed by atoms with van der Waals surface area (Å²) in [6, 6.07) is 0. The van der Waals surface area contributed by atoms with Crippen LogP contribution in [0.2, 0.25) is 0 Å². The zero-order valence-corrected chi connectivity index (χ0v) is 44.4. The molecule has 0 spiro atoms. The third kappa shape index (κ3) is 67.1. The molecule has 0 aromatic heterocycles. The molecule has 0 radical (unpaired) electrons. The summed E-state index contributed by atoms with van der Waals surface area (Å²) in [5.41, 5.74) is 0. The van der Waals surface area contributed by atoms with Crippen LogP contribution in [-0.2, 0) is 28.6 Å². The van der Waals surface area contributed by atoms with E-state index in [0.29, 0.717) is 19.3 Å². The van der Waals surface area contributed by atoms with Crippen LogP contribution in [0.3, 0.4) is 0 Å². The van der Waals surface area contributed by atoms with Gasteiger partial charge in [-0.05, 0) is 60.8 Å². The molecule has 6 nitrogen and oxygen atoms in total. The van der Waals surface area contributed by atoms with Crippen LogP contribution in [-0.4, -0.2) is 36.2 Å². The second-order valence-corrected chi connectivity index (χ2v) is 19.6. The summed E-state index contributed by atoms with van der Waals surface area (Å²) in [5, 5.41) is 0. The van der Waals surface area contributed by atoms with Crippen molar-refractivity contribution in [2.45, 2.75) is 350 Å². The summed E-state index contributed by atoms with van der Waals surface area (Å²) in [5.74, 6) is -0.103. The molecule has 0 rings (SSSR count). The van der Waals surface area contributed by atoms with Crippen LogP contribution in [0.4, 0.5) is 0 Å². The molecule has 0 aliphatic rings. The first kappa shape index (κ1) is 65.7. The van der Waals surface area contributed by atoms with Crippen LogP contribution < -0.4 is 0 Å². The fourth-order valence-electron chi connectivity index (χ4n) is 7.83. The lowest BCUT2D eigenvalue weighted by molar-refractivity contribution is -0.148. The first-order chi connectivity index (χ1) is 30.5. The molecule has 0 aliphatic heterocycles. The van der Waals surface area contributed by atoms with Crippen molar-refractivity contribution in [1.29, 1.82) is 0 Å². The number of rotatable bonds is 45. The van der Waals surface area contributed by atoms with Gasteiger partial charge in [0, 0.05) is 19.3 Å². The number of carbonyl (C=O) groups excluding carboxylic acids is 3. The molecule has 0 fully saturated rings. The van der Waals surface area contributed by atoms with Crippen LogP contribution in [0.25, 0.3) is 0 Å². The highest BCUT2D eigenvalue weighted by Crippen LogP contribution is 2.16. The third-order valence-corrected chi connectivity index (χ3v) is 11.6. The van der Waals surface area contributed by atoms with Crippen LogP contribution in [0.5, 0.6) is 0 Å². The largest absolute Gasteiger partial charge is 0.463 e. The molecule has 0 heterocycles.